The van der Waals surface area contributed by atoms with Crippen LogP contribution in [0.15, 0.2) is 42.2 Å². The van der Waals surface area contributed by atoms with Crippen molar-refractivity contribution in [1.82, 2.24) is 5.32 Å². The van der Waals surface area contributed by atoms with Crippen LogP contribution in [0.25, 0.3) is 6.08 Å². The van der Waals surface area contributed by atoms with Crippen molar-refractivity contribution in [3.8, 4) is 11.5 Å². The predicted molar refractivity (Wildman–Crippen MR) is 94.8 cm³/mol. The summed E-state index contributed by atoms with van der Waals surface area (Å²) in [5.41, 5.74) is 5.66. The lowest BCUT2D eigenvalue weighted by molar-refractivity contribution is -0.138. The van der Waals surface area contributed by atoms with E-state index >= 15 is 0 Å². The van der Waals surface area contributed by atoms with Crippen molar-refractivity contribution in [2.24, 2.45) is 5.73 Å². The summed E-state index contributed by atoms with van der Waals surface area (Å²) in [5, 5.41) is 10.7. The summed E-state index contributed by atoms with van der Waals surface area (Å²) < 4.78 is 38.4. The Morgan fingerprint density at radius 2 is 1.86 bits per heavy atom. The molecule has 1 saturated heterocycles. The Labute approximate surface area is 162 Å². The van der Waals surface area contributed by atoms with Gasteiger partial charge >= 0.3 is 12.1 Å². The highest BCUT2D eigenvalue weighted by atomic mass is 19.2. The molecule has 0 saturated carbocycles. The van der Waals surface area contributed by atoms with E-state index in [1.54, 1.807) is 0 Å². The lowest BCUT2D eigenvalue weighted by atomic mass is 10.1. The first kappa shape index (κ1) is 20.0. The summed E-state index contributed by atoms with van der Waals surface area (Å²) in [5.74, 6) is -4.92. The van der Waals surface area contributed by atoms with Gasteiger partial charge in [-0.2, -0.15) is 4.39 Å². The Hall–Kier alpha value is -3.79. The molecule has 1 aliphatic rings. The molecule has 1 fully saturated rings. The highest BCUT2D eigenvalue weighted by Gasteiger charge is 2.26. The maximum atomic E-state index is 14.2. The van der Waals surface area contributed by atoms with E-state index in [1.165, 1.54) is 42.5 Å². The number of amides is 2. The van der Waals surface area contributed by atoms with Gasteiger partial charge in [0, 0.05) is 6.42 Å². The minimum absolute atomic E-state index is 0.174. The van der Waals surface area contributed by atoms with E-state index in [1.807, 2.05) is 5.32 Å². The standard InChI is InChI=1S/C19H14F2N2O6/c20-15-10(8-12(22)18(25)26)3-6-13(16(15)21)28-11-4-1-9(2-5-11)7-14-17(24)23-19(27)29-14/h1-7,12H,8,22H2,(H,25,26)(H,23,24,27). The van der Waals surface area contributed by atoms with E-state index < -0.39 is 41.4 Å². The van der Waals surface area contributed by atoms with Crippen LogP contribution in [0.3, 0.4) is 0 Å². The number of alkyl carbamates (subject to hydrolysis) is 1. The van der Waals surface area contributed by atoms with Crippen LogP contribution < -0.4 is 15.8 Å². The van der Waals surface area contributed by atoms with E-state index in [9.17, 15) is 23.2 Å². The number of carbonyl (C=O) groups excluding carboxylic acids is 2. The molecular weight excluding hydrogens is 390 g/mol. The molecule has 0 radical (unpaired) electrons. The number of ether oxygens (including phenoxy) is 2. The van der Waals surface area contributed by atoms with Gasteiger partial charge in [-0.3, -0.25) is 14.9 Å². The summed E-state index contributed by atoms with van der Waals surface area (Å²) in [7, 11) is 0. The van der Waals surface area contributed by atoms with Crippen LogP contribution in [0.1, 0.15) is 11.1 Å². The van der Waals surface area contributed by atoms with Crippen molar-refractivity contribution in [2.75, 3.05) is 0 Å². The lowest BCUT2D eigenvalue weighted by Crippen LogP contribution is -2.32. The van der Waals surface area contributed by atoms with Crippen molar-refractivity contribution < 1.29 is 37.7 Å². The molecule has 1 aliphatic heterocycles. The monoisotopic (exact) mass is 404 g/mol. The van der Waals surface area contributed by atoms with Crippen molar-refractivity contribution in [2.45, 2.75) is 12.5 Å². The Kier molecular flexibility index (Phi) is 5.55. The molecule has 0 aliphatic carbocycles. The maximum Gasteiger partial charge on any atom is 0.419 e. The van der Waals surface area contributed by atoms with E-state index in [4.69, 9.17) is 15.6 Å². The van der Waals surface area contributed by atoms with Crippen LogP contribution in [0.5, 0.6) is 11.5 Å². The van der Waals surface area contributed by atoms with Gasteiger partial charge in [0.25, 0.3) is 5.91 Å². The van der Waals surface area contributed by atoms with Crippen LogP contribution in [0, 0.1) is 11.6 Å². The van der Waals surface area contributed by atoms with Gasteiger partial charge in [-0.1, -0.05) is 18.2 Å². The second kappa shape index (κ2) is 8.07. The highest BCUT2D eigenvalue weighted by molar-refractivity contribution is 6.09. The Bertz CT molecular complexity index is 1020. The molecule has 2 aromatic carbocycles. The number of nitrogens with two attached hydrogens (primary N) is 1. The second-order valence-electron chi connectivity index (χ2n) is 6.02. The summed E-state index contributed by atoms with van der Waals surface area (Å²) in [6.45, 7) is 0. The minimum atomic E-state index is -1.36. The van der Waals surface area contributed by atoms with E-state index in [2.05, 4.69) is 4.74 Å². The molecular formula is C19H14F2N2O6. The maximum absolute atomic E-state index is 14.2. The predicted octanol–water partition coefficient (Wildman–Crippen LogP) is 2.32. The van der Waals surface area contributed by atoms with Gasteiger partial charge in [-0.05, 0) is 35.4 Å². The fourth-order valence-electron chi connectivity index (χ4n) is 2.46. The van der Waals surface area contributed by atoms with Crippen molar-refractivity contribution in [3.05, 3.63) is 64.9 Å². The zero-order chi connectivity index (χ0) is 21.1. The Morgan fingerprint density at radius 3 is 2.45 bits per heavy atom. The van der Waals surface area contributed by atoms with Gasteiger partial charge in [-0.15, -0.1) is 0 Å². The van der Waals surface area contributed by atoms with Crippen molar-refractivity contribution >= 4 is 24.0 Å². The number of nitrogens with one attached hydrogen (secondary N) is 1. The molecule has 2 amide bonds. The number of hydrogen-bond acceptors (Lipinski definition) is 6. The van der Waals surface area contributed by atoms with Crippen molar-refractivity contribution in [3.63, 3.8) is 0 Å². The normalized spacial score (nSPS) is 15.8. The Balaban J connectivity index is 1.74. The first-order valence-electron chi connectivity index (χ1n) is 8.22. The van der Waals surface area contributed by atoms with E-state index in [-0.39, 0.29) is 23.5 Å². The third kappa shape index (κ3) is 4.55. The number of carboxylic acids is 1. The number of hydrogen-bond donors (Lipinski definition) is 3. The number of benzene rings is 2. The second-order valence-corrected chi connectivity index (χ2v) is 6.02. The van der Waals surface area contributed by atoms with Crippen LogP contribution in [-0.4, -0.2) is 29.1 Å². The zero-order valence-corrected chi connectivity index (χ0v) is 14.6. The molecule has 8 nitrogen and oxygen atoms in total. The Morgan fingerprint density at radius 1 is 1.17 bits per heavy atom. The first-order chi connectivity index (χ1) is 13.7. The molecule has 1 unspecified atom stereocenters. The number of carboxylic acid groups (broad SMARTS) is 1. The van der Waals surface area contributed by atoms with Gasteiger partial charge in [0.05, 0.1) is 0 Å². The molecule has 150 valence electrons. The number of carbonyl (C=O) groups is 3. The average Bonchev–Trinajstić information content (AvgIpc) is 2.99. The molecule has 29 heavy (non-hydrogen) atoms. The molecule has 0 spiro atoms. The van der Waals surface area contributed by atoms with Gasteiger partial charge in [-0.25, -0.2) is 9.18 Å². The summed E-state index contributed by atoms with van der Waals surface area (Å²) >= 11 is 0. The van der Waals surface area contributed by atoms with E-state index in [0.29, 0.717) is 5.56 Å². The van der Waals surface area contributed by atoms with Crippen LogP contribution >= 0.6 is 0 Å². The fourth-order valence-corrected chi connectivity index (χ4v) is 2.46. The molecule has 0 bridgehead atoms. The zero-order valence-electron chi connectivity index (χ0n) is 14.6. The SMILES string of the molecule is NC(Cc1ccc(Oc2ccc(C=C3OC(=O)NC3=O)cc2)c(F)c1F)C(=O)O. The highest BCUT2D eigenvalue weighted by Crippen LogP contribution is 2.28. The lowest BCUT2D eigenvalue weighted by Gasteiger charge is -2.11. The first-order valence-corrected chi connectivity index (χ1v) is 8.22. The smallest absolute Gasteiger partial charge is 0.419 e. The summed E-state index contributed by atoms with van der Waals surface area (Å²) in [4.78, 5) is 33.2. The third-order valence-electron chi connectivity index (χ3n) is 3.93. The molecule has 1 heterocycles. The fraction of sp³-hybridized carbons (Fsp3) is 0.105. The number of halogens is 2. The molecule has 4 N–H and O–H groups in total. The summed E-state index contributed by atoms with van der Waals surface area (Å²) in [6.07, 6.45) is 0.0800. The van der Waals surface area contributed by atoms with Crippen LogP contribution in [-0.2, 0) is 20.7 Å². The number of rotatable bonds is 6. The molecule has 3 rings (SSSR count). The number of imide groups is 1. The molecule has 2 aromatic rings. The average molecular weight is 404 g/mol. The third-order valence-corrected chi connectivity index (χ3v) is 3.93. The van der Waals surface area contributed by atoms with Gasteiger partial charge in [0.2, 0.25) is 5.82 Å². The van der Waals surface area contributed by atoms with Crippen LogP contribution in [0.2, 0.25) is 0 Å². The topological polar surface area (TPSA) is 128 Å². The molecule has 1 atom stereocenters. The number of aliphatic carboxylic acids is 1. The quantitative estimate of drug-likeness (QED) is 0.631. The molecule has 10 heteroatoms. The van der Waals surface area contributed by atoms with Gasteiger partial charge in [0.1, 0.15) is 11.8 Å². The molecule has 0 aromatic heterocycles. The van der Waals surface area contributed by atoms with Gasteiger partial charge < -0.3 is 20.3 Å². The summed E-state index contributed by atoms with van der Waals surface area (Å²) in [6, 6.07) is 6.90. The minimum Gasteiger partial charge on any atom is -0.480 e. The largest absolute Gasteiger partial charge is 0.480 e. The van der Waals surface area contributed by atoms with Crippen molar-refractivity contribution in [1.29, 1.82) is 0 Å². The van der Waals surface area contributed by atoms with Crippen LogP contribution in [0.4, 0.5) is 13.6 Å². The number of cyclic esters (lactones) is 1. The van der Waals surface area contributed by atoms with Gasteiger partial charge in [0.15, 0.2) is 17.3 Å². The van der Waals surface area contributed by atoms with E-state index in [0.717, 1.165) is 0 Å².